The van der Waals surface area contributed by atoms with Gasteiger partial charge in [0.2, 0.25) is 0 Å². The van der Waals surface area contributed by atoms with Crippen molar-refractivity contribution in [3.63, 3.8) is 0 Å². The lowest BCUT2D eigenvalue weighted by Crippen LogP contribution is -2.27. The van der Waals surface area contributed by atoms with Crippen molar-refractivity contribution in [1.29, 1.82) is 0 Å². The van der Waals surface area contributed by atoms with Crippen molar-refractivity contribution < 1.29 is 4.79 Å². The molecule has 0 unspecified atom stereocenters. The number of hydrogen-bond acceptors (Lipinski definition) is 1. The number of amides is 1. The van der Waals surface area contributed by atoms with Crippen LogP contribution in [0.2, 0.25) is 0 Å². The van der Waals surface area contributed by atoms with Crippen molar-refractivity contribution in [1.82, 2.24) is 9.47 Å². The molecule has 92 valence electrons. The Bertz CT molecular complexity index is 451. The highest BCUT2D eigenvalue weighted by Crippen LogP contribution is 2.38. The largest absolute Gasteiger partial charge is 0.345 e. The highest BCUT2D eigenvalue weighted by Gasteiger charge is 2.30. The number of hydrogen-bond donors (Lipinski definition) is 0. The lowest BCUT2D eigenvalue weighted by atomic mass is 10.2. The maximum Gasteiger partial charge on any atom is 0.255 e. The number of nitrogens with zero attached hydrogens (tertiary/aromatic N) is 2. The molecule has 3 heteroatoms. The maximum absolute atomic E-state index is 12.4. The average molecular weight is 232 g/mol. The quantitative estimate of drug-likeness (QED) is 0.769. The number of aryl methyl sites for hydroxylation is 1. The molecule has 0 spiro atoms. The highest BCUT2D eigenvalue weighted by molar-refractivity contribution is 5.95. The first-order chi connectivity index (χ1) is 8.18. The van der Waals surface area contributed by atoms with Gasteiger partial charge in [-0.3, -0.25) is 4.79 Å². The standard InChI is InChI=1S/C14H20N2O/c1-10-9-13(11(2)16(10)12-5-6-12)14(17)15-7-3-4-8-15/h9,12H,3-8H2,1-2H3. The number of rotatable bonds is 2. The first kappa shape index (κ1) is 10.9. The minimum Gasteiger partial charge on any atom is -0.345 e. The molecule has 1 aromatic rings. The fraction of sp³-hybridized carbons (Fsp3) is 0.643. The Labute approximate surface area is 102 Å². The van der Waals surface area contributed by atoms with Crippen LogP contribution in [0.3, 0.4) is 0 Å². The zero-order valence-electron chi connectivity index (χ0n) is 10.7. The van der Waals surface area contributed by atoms with Crippen molar-refractivity contribution in [3.8, 4) is 0 Å². The third kappa shape index (κ3) is 1.78. The van der Waals surface area contributed by atoms with E-state index in [0.717, 1.165) is 31.5 Å². The van der Waals surface area contributed by atoms with E-state index in [-0.39, 0.29) is 5.91 Å². The average Bonchev–Trinajstić information content (AvgIpc) is 2.90. The van der Waals surface area contributed by atoms with E-state index in [9.17, 15) is 4.79 Å². The van der Waals surface area contributed by atoms with Gasteiger partial charge >= 0.3 is 0 Å². The molecule has 0 N–H and O–H groups in total. The van der Waals surface area contributed by atoms with Gasteiger partial charge in [-0.05, 0) is 45.6 Å². The molecule has 3 nitrogen and oxygen atoms in total. The molecule has 1 aliphatic heterocycles. The molecule has 2 aliphatic rings. The van der Waals surface area contributed by atoms with Crippen LogP contribution in [-0.4, -0.2) is 28.5 Å². The first-order valence-corrected chi connectivity index (χ1v) is 6.66. The molecule has 0 aromatic carbocycles. The number of aromatic nitrogens is 1. The topological polar surface area (TPSA) is 25.2 Å². The third-order valence-electron chi connectivity index (χ3n) is 4.02. The van der Waals surface area contributed by atoms with Gasteiger partial charge in [0, 0.05) is 30.5 Å². The molecule has 1 saturated carbocycles. The van der Waals surface area contributed by atoms with Gasteiger partial charge in [-0.1, -0.05) is 0 Å². The van der Waals surface area contributed by atoms with Crippen LogP contribution in [-0.2, 0) is 0 Å². The molecular weight excluding hydrogens is 212 g/mol. The fourth-order valence-corrected chi connectivity index (χ4v) is 2.98. The normalized spacial score (nSPS) is 20.0. The Hall–Kier alpha value is -1.25. The molecule has 1 amide bonds. The van der Waals surface area contributed by atoms with Crippen LogP contribution < -0.4 is 0 Å². The zero-order valence-corrected chi connectivity index (χ0v) is 10.7. The summed E-state index contributed by atoms with van der Waals surface area (Å²) in [6.45, 7) is 6.08. The summed E-state index contributed by atoms with van der Waals surface area (Å²) in [5, 5.41) is 0. The number of carbonyl (C=O) groups excluding carboxylic acids is 1. The number of carbonyl (C=O) groups is 1. The SMILES string of the molecule is Cc1cc(C(=O)N2CCCC2)c(C)n1C1CC1. The van der Waals surface area contributed by atoms with Crippen LogP contribution in [0, 0.1) is 13.8 Å². The molecule has 1 aromatic heterocycles. The Morgan fingerprint density at radius 3 is 2.47 bits per heavy atom. The molecular formula is C14H20N2O. The predicted molar refractivity (Wildman–Crippen MR) is 67.3 cm³/mol. The summed E-state index contributed by atoms with van der Waals surface area (Å²) in [5.74, 6) is 0.238. The van der Waals surface area contributed by atoms with E-state index in [0.29, 0.717) is 6.04 Å². The van der Waals surface area contributed by atoms with Crippen molar-refractivity contribution >= 4 is 5.91 Å². The van der Waals surface area contributed by atoms with Crippen LogP contribution in [0.25, 0.3) is 0 Å². The molecule has 3 rings (SSSR count). The summed E-state index contributed by atoms with van der Waals surface area (Å²) in [6, 6.07) is 2.74. The summed E-state index contributed by atoms with van der Waals surface area (Å²) in [5.41, 5.74) is 3.34. The monoisotopic (exact) mass is 232 g/mol. The Kier molecular flexibility index (Phi) is 2.49. The van der Waals surface area contributed by atoms with Crippen molar-refractivity contribution in [3.05, 3.63) is 23.0 Å². The zero-order chi connectivity index (χ0) is 12.0. The summed E-state index contributed by atoms with van der Waals surface area (Å²) in [4.78, 5) is 14.4. The molecule has 0 bridgehead atoms. The van der Waals surface area contributed by atoms with Crippen molar-refractivity contribution in [2.75, 3.05) is 13.1 Å². The Balaban J connectivity index is 1.91. The van der Waals surface area contributed by atoms with Gasteiger partial charge < -0.3 is 9.47 Å². The van der Waals surface area contributed by atoms with Gasteiger partial charge in [-0.2, -0.15) is 0 Å². The molecule has 1 saturated heterocycles. The molecule has 0 atom stereocenters. The molecule has 0 radical (unpaired) electrons. The van der Waals surface area contributed by atoms with Gasteiger partial charge in [0.15, 0.2) is 0 Å². The second kappa shape index (κ2) is 3.90. The molecule has 17 heavy (non-hydrogen) atoms. The third-order valence-corrected chi connectivity index (χ3v) is 4.02. The predicted octanol–water partition coefficient (Wildman–Crippen LogP) is 2.68. The van der Waals surface area contributed by atoms with Gasteiger partial charge in [-0.25, -0.2) is 0 Å². The van der Waals surface area contributed by atoms with Gasteiger partial charge in [-0.15, -0.1) is 0 Å². The molecule has 2 fully saturated rings. The van der Waals surface area contributed by atoms with Gasteiger partial charge in [0.05, 0.1) is 5.56 Å². The van der Waals surface area contributed by atoms with E-state index < -0.39 is 0 Å². The first-order valence-electron chi connectivity index (χ1n) is 6.66. The van der Waals surface area contributed by atoms with Gasteiger partial charge in [0.1, 0.15) is 0 Å². The second-order valence-corrected chi connectivity index (χ2v) is 5.39. The maximum atomic E-state index is 12.4. The van der Waals surface area contributed by atoms with E-state index in [4.69, 9.17) is 0 Å². The second-order valence-electron chi connectivity index (χ2n) is 5.39. The molecule has 1 aliphatic carbocycles. The van der Waals surface area contributed by atoms with E-state index in [1.807, 2.05) is 4.90 Å². The van der Waals surface area contributed by atoms with Crippen molar-refractivity contribution in [2.45, 2.75) is 45.6 Å². The highest BCUT2D eigenvalue weighted by atomic mass is 16.2. The summed E-state index contributed by atoms with van der Waals surface area (Å²) in [6.07, 6.45) is 4.86. The fourth-order valence-electron chi connectivity index (χ4n) is 2.98. The summed E-state index contributed by atoms with van der Waals surface area (Å²) >= 11 is 0. The lowest BCUT2D eigenvalue weighted by Gasteiger charge is -2.15. The van der Waals surface area contributed by atoms with Crippen LogP contribution in [0.15, 0.2) is 6.07 Å². The van der Waals surface area contributed by atoms with Crippen LogP contribution in [0.5, 0.6) is 0 Å². The Morgan fingerprint density at radius 1 is 1.24 bits per heavy atom. The minimum atomic E-state index is 0.238. The van der Waals surface area contributed by atoms with Crippen LogP contribution >= 0.6 is 0 Å². The van der Waals surface area contributed by atoms with E-state index in [2.05, 4.69) is 24.5 Å². The van der Waals surface area contributed by atoms with Crippen LogP contribution in [0.1, 0.15) is 53.5 Å². The summed E-state index contributed by atoms with van der Waals surface area (Å²) < 4.78 is 2.35. The van der Waals surface area contributed by atoms with E-state index in [1.54, 1.807) is 0 Å². The Morgan fingerprint density at radius 2 is 1.88 bits per heavy atom. The number of likely N-dealkylation sites (tertiary alicyclic amines) is 1. The summed E-state index contributed by atoms with van der Waals surface area (Å²) in [7, 11) is 0. The van der Waals surface area contributed by atoms with Crippen molar-refractivity contribution in [2.24, 2.45) is 0 Å². The van der Waals surface area contributed by atoms with Crippen LogP contribution in [0.4, 0.5) is 0 Å². The smallest absolute Gasteiger partial charge is 0.255 e. The van der Waals surface area contributed by atoms with Gasteiger partial charge in [0.25, 0.3) is 5.91 Å². The molecule has 2 heterocycles. The minimum absolute atomic E-state index is 0.238. The van der Waals surface area contributed by atoms with E-state index in [1.165, 1.54) is 24.2 Å². The van der Waals surface area contributed by atoms with E-state index >= 15 is 0 Å². The lowest BCUT2D eigenvalue weighted by molar-refractivity contribution is 0.0792.